The molecule has 1 aliphatic heterocycles. The fourth-order valence-corrected chi connectivity index (χ4v) is 6.17. The third-order valence-electron chi connectivity index (χ3n) is 5.32. The number of methoxy groups -OCH3 is 1. The first-order valence-electron chi connectivity index (χ1n) is 10.2. The van der Waals surface area contributed by atoms with Crippen LogP contribution in [0.25, 0.3) is 10.6 Å². The molecule has 1 N–H and O–H groups in total. The highest BCUT2D eigenvalue weighted by molar-refractivity contribution is 7.89. The Labute approximate surface area is 191 Å². The molecule has 1 saturated heterocycles. The van der Waals surface area contributed by atoms with Gasteiger partial charge < -0.3 is 10.1 Å². The van der Waals surface area contributed by atoms with Gasteiger partial charge in [0.2, 0.25) is 15.9 Å². The largest absolute Gasteiger partial charge is 0.497 e. The van der Waals surface area contributed by atoms with E-state index in [1.165, 1.54) is 34.7 Å². The van der Waals surface area contributed by atoms with Gasteiger partial charge in [0.15, 0.2) is 0 Å². The van der Waals surface area contributed by atoms with E-state index in [4.69, 9.17) is 4.74 Å². The molecule has 1 fully saturated rings. The highest BCUT2D eigenvalue weighted by Gasteiger charge is 2.32. The van der Waals surface area contributed by atoms with Crippen LogP contribution in [0.3, 0.4) is 0 Å². The summed E-state index contributed by atoms with van der Waals surface area (Å²) >= 11 is 1.50. The van der Waals surface area contributed by atoms with E-state index in [2.05, 4.69) is 15.5 Å². The summed E-state index contributed by atoms with van der Waals surface area (Å²) in [5.41, 5.74) is 1.52. The number of piperidine rings is 1. The molecule has 1 aromatic heterocycles. The van der Waals surface area contributed by atoms with E-state index in [0.717, 1.165) is 34.2 Å². The Morgan fingerprint density at radius 2 is 1.84 bits per heavy atom. The number of rotatable bonds is 6. The highest BCUT2D eigenvalue weighted by Crippen LogP contribution is 2.35. The monoisotopic (exact) mass is 472 g/mol. The Kier molecular flexibility index (Phi) is 6.54. The van der Waals surface area contributed by atoms with Gasteiger partial charge in [-0.15, -0.1) is 10.2 Å². The second-order valence-electron chi connectivity index (χ2n) is 7.58. The minimum atomic E-state index is -3.64. The molecular weight excluding hydrogens is 448 g/mol. The average Bonchev–Trinajstić information content (AvgIpc) is 3.30. The first-order chi connectivity index (χ1) is 15.4. The predicted molar refractivity (Wildman–Crippen MR) is 123 cm³/mol. The maximum atomic E-state index is 13.2. The smallest absolute Gasteiger partial charge is 0.243 e. The fraction of sp³-hybridized carbons (Fsp3) is 0.318. The van der Waals surface area contributed by atoms with Crippen molar-refractivity contribution in [2.75, 3.05) is 25.5 Å². The van der Waals surface area contributed by atoms with Crippen LogP contribution in [0.4, 0.5) is 5.69 Å². The van der Waals surface area contributed by atoms with Gasteiger partial charge in [0.05, 0.1) is 12.0 Å². The zero-order valence-electron chi connectivity index (χ0n) is 17.8. The predicted octanol–water partition coefficient (Wildman–Crippen LogP) is 3.74. The first kappa shape index (κ1) is 22.4. The lowest BCUT2D eigenvalue weighted by Crippen LogP contribution is -2.39. The number of aromatic nitrogens is 2. The molecule has 10 heteroatoms. The number of hydrogen-bond acceptors (Lipinski definition) is 7. The molecule has 1 amide bonds. The van der Waals surface area contributed by atoms with Gasteiger partial charge in [0.1, 0.15) is 15.8 Å². The van der Waals surface area contributed by atoms with Gasteiger partial charge in [-0.2, -0.15) is 4.31 Å². The van der Waals surface area contributed by atoms with Crippen LogP contribution in [-0.2, 0) is 14.8 Å². The molecule has 0 aliphatic carbocycles. The molecule has 32 heavy (non-hydrogen) atoms. The Morgan fingerprint density at radius 1 is 1.12 bits per heavy atom. The Hall–Kier alpha value is -2.82. The van der Waals surface area contributed by atoms with Crippen LogP contribution in [0.1, 0.15) is 30.7 Å². The Balaban J connectivity index is 1.49. The molecule has 1 aliphatic rings. The number of nitrogens with zero attached hydrogens (tertiary/aromatic N) is 3. The molecule has 0 radical (unpaired) electrons. The normalized spacial score (nSPS) is 17.1. The zero-order chi connectivity index (χ0) is 22.7. The molecule has 168 valence electrons. The van der Waals surface area contributed by atoms with Gasteiger partial charge in [0.25, 0.3) is 0 Å². The molecule has 2 aromatic carbocycles. The summed E-state index contributed by atoms with van der Waals surface area (Å²) in [5, 5.41) is 13.0. The molecule has 8 nitrogen and oxygen atoms in total. The zero-order valence-corrected chi connectivity index (χ0v) is 19.4. The lowest BCUT2D eigenvalue weighted by Gasteiger charge is -2.30. The van der Waals surface area contributed by atoms with E-state index in [0.29, 0.717) is 18.8 Å². The van der Waals surface area contributed by atoms with E-state index in [9.17, 15) is 13.2 Å². The SMILES string of the molecule is COc1ccc(-c2nnc(C3CCCN(S(=O)(=O)c4ccc(NC(C)=O)cc4)C3)s2)cc1. The van der Waals surface area contributed by atoms with Crippen molar-refractivity contribution in [3.63, 3.8) is 0 Å². The molecular formula is C22H24N4O4S2. The van der Waals surface area contributed by atoms with E-state index in [1.807, 2.05) is 24.3 Å². The minimum Gasteiger partial charge on any atom is -0.497 e. The molecule has 3 aromatic rings. The van der Waals surface area contributed by atoms with Crippen molar-refractivity contribution in [3.8, 4) is 16.3 Å². The van der Waals surface area contributed by atoms with Crippen molar-refractivity contribution in [1.82, 2.24) is 14.5 Å². The maximum Gasteiger partial charge on any atom is 0.243 e. The van der Waals surface area contributed by atoms with Crippen LogP contribution in [0.15, 0.2) is 53.4 Å². The van der Waals surface area contributed by atoms with E-state index < -0.39 is 10.0 Å². The van der Waals surface area contributed by atoms with Crippen LogP contribution >= 0.6 is 11.3 Å². The molecule has 2 heterocycles. The molecule has 1 unspecified atom stereocenters. The summed E-state index contributed by atoms with van der Waals surface area (Å²) in [7, 11) is -2.01. The van der Waals surface area contributed by atoms with Crippen LogP contribution < -0.4 is 10.1 Å². The lowest BCUT2D eigenvalue weighted by molar-refractivity contribution is -0.114. The molecule has 4 rings (SSSR count). The number of benzene rings is 2. The second kappa shape index (κ2) is 9.35. The number of nitrogens with one attached hydrogen (secondary N) is 1. The second-order valence-corrected chi connectivity index (χ2v) is 10.5. The summed E-state index contributed by atoms with van der Waals surface area (Å²) in [6, 6.07) is 13.9. The van der Waals surface area contributed by atoms with Crippen molar-refractivity contribution < 1.29 is 17.9 Å². The van der Waals surface area contributed by atoms with Gasteiger partial charge in [-0.1, -0.05) is 11.3 Å². The highest BCUT2D eigenvalue weighted by atomic mass is 32.2. The van der Waals surface area contributed by atoms with Gasteiger partial charge >= 0.3 is 0 Å². The van der Waals surface area contributed by atoms with Crippen molar-refractivity contribution in [1.29, 1.82) is 0 Å². The molecule has 0 saturated carbocycles. The summed E-state index contributed by atoms with van der Waals surface area (Å²) in [6.45, 7) is 2.25. The third kappa shape index (κ3) is 4.82. The average molecular weight is 473 g/mol. The van der Waals surface area contributed by atoms with E-state index in [1.54, 1.807) is 19.2 Å². The van der Waals surface area contributed by atoms with Crippen molar-refractivity contribution in [2.24, 2.45) is 0 Å². The number of sulfonamides is 1. The lowest BCUT2D eigenvalue weighted by atomic mass is 10.0. The van der Waals surface area contributed by atoms with Crippen molar-refractivity contribution in [3.05, 3.63) is 53.5 Å². The van der Waals surface area contributed by atoms with Crippen LogP contribution in [0, 0.1) is 0 Å². The number of anilines is 1. The number of amides is 1. The Morgan fingerprint density at radius 3 is 2.50 bits per heavy atom. The molecule has 0 spiro atoms. The summed E-state index contributed by atoms with van der Waals surface area (Å²) in [4.78, 5) is 11.4. The quantitative estimate of drug-likeness (QED) is 0.586. The Bertz CT molecular complexity index is 1190. The van der Waals surface area contributed by atoms with Gasteiger partial charge in [0, 0.05) is 37.2 Å². The van der Waals surface area contributed by atoms with Crippen LogP contribution in [0.5, 0.6) is 5.75 Å². The molecule has 0 bridgehead atoms. The van der Waals surface area contributed by atoms with Gasteiger partial charge in [-0.3, -0.25) is 4.79 Å². The van der Waals surface area contributed by atoms with E-state index >= 15 is 0 Å². The van der Waals surface area contributed by atoms with Crippen molar-refractivity contribution >= 4 is 33.0 Å². The third-order valence-corrected chi connectivity index (χ3v) is 8.34. The number of carbonyl (C=O) groups excluding carboxylic acids is 1. The standard InChI is InChI=1S/C22H24N4O4S2/c1-15(27)23-18-7-11-20(12-8-18)32(28,29)26-13-3-4-17(14-26)22-25-24-21(31-22)16-5-9-19(30-2)10-6-16/h5-12,17H,3-4,13-14H2,1-2H3,(H,23,27). The number of carbonyl (C=O) groups is 1. The van der Waals surface area contributed by atoms with Crippen LogP contribution in [-0.4, -0.2) is 49.0 Å². The number of ether oxygens (including phenoxy) is 1. The van der Waals surface area contributed by atoms with Crippen molar-refractivity contribution in [2.45, 2.75) is 30.6 Å². The topological polar surface area (TPSA) is 101 Å². The minimum absolute atomic E-state index is 0.00155. The molecule has 1 atom stereocenters. The first-order valence-corrected chi connectivity index (χ1v) is 12.5. The van der Waals surface area contributed by atoms with E-state index in [-0.39, 0.29) is 16.7 Å². The van der Waals surface area contributed by atoms with Crippen LogP contribution in [0.2, 0.25) is 0 Å². The van der Waals surface area contributed by atoms with Gasteiger partial charge in [-0.05, 0) is 61.4 Å². The summed E-state index contributed by atoms with van der Waals surface area (Å²) in [6.07, 6.45) is 1.62. The fourth-order valence-electron chi connectivity index (χ4n) is 3.67. The van der Waals surface area contributed by atoms with Gasteiger partial charge in [-0.25, -0.2) is 8.42 Å². The maximum absolute atomic E-state index is 13.2. The summed E-state index contributed by atoms with van der Waals surface area (Å²) in [5.74, 6) is 0.573. The number of hydrogen-bond donors (Lipinski definition) is 1. The summed E-state index contributed by atoms with van der Waals surface area (Å²) < 4.78 is 33.1.